The Labute approximate surface area is 165 Å². The van der Waals surface area contributed by atoms with Gasteiger partial charge in [0.1, 0.15) is 10.7 Å². The Morgan fingerprint density at radius 2 is 1.93 bits per heavy atom. The molecular weight excluding hydrogens is 378 g/mol. The van der Waals surface area contributed by atoms with E-state index in [0.29, 0.717) is 56.4 Å². The molecule has 3 aliphatic heterocycles. The van der Waals surface area contributed by atoms with Gasteiger partial charge in [0.25, 0.3) is 10.0 Å². The Morgan fingerprint density at radius 3 is 2.64 bits per heavy atom. The van der Waals surface area contributed by atoms with Crippen molar-refractivity contribution in [2.45, 2.75) is 19.8 Å². The lowest BCUT2D eigenvalue weighted by molar-refractivity contribution is -0.135. The second-order valence-corrected chi connectivity index (χ2v) is 8.98. The minimum atomic E-state index is -3.71. The third-order valence-electron chi connectivity index (χ3n) is 5.56. The normalized spacial score (nSPS) is 25.0. The van der Waals surface area contributed by atoms with Crippen LogP contribution in [0.25, 0.3) is 4.91 Å². The molecule has 0 bridgehead atoms. The van der Waals surface area contributed by atoms with Gasteiger partial charge in [-0.15, -0.1) is 4.40 Å². The average Bonchev–Trinajstić information content (AvgIpc) is 3.21. The molecule has 0 radical (unpaired) electrons. The molecule has 0 aliphatic carbocycles. The van der Waals surface area contributed by atoms with Crippen molar-refractivity contribution in [2.75, 3.05) is 39.4 Å². The topological polar surface area (TPSA) is 79.3 Å². The van der Waals surface area contributed by atoms with Gasteiger partial charge >= 0.3 is 0 Å². The summed E-state index contributed by atoms with van der Waals surface area (Å²) in [5, 5.41) is 0. The first-order valence-electron chi connectivity index (χ1n) is 9.70. The fourth-order valence-corrected chi connectivity index (χ4v) is 5.59. The second-order valence-electron chi connectivity index (χ2n) is 7.44. The lowest BCUT2D eigenvalue weighted by atomic mass is 10.1. The molecule has 4 rings (SSSR count). The number of amides is 1. The van der Waals surface area contributed by atoms with Gasteiger partial charge in [-0.1, -0.05) is 30.3 Å². The van der Waals surface area contributed by atoms with Crippen molar-refractivity contribution in [3.05, 3.63) is 41.5 Å². The van der Waals surface area contributed by atoms with Crippen LogP contribution in [-0.4, -0.2) is 69.4 Å². The number of hydrogen-bond acceptors (Lipinski definition) is 5. The van der Waals surface area contributed by atoms with Crippen LogP contribution in [0.5, 0.6) is 0 Å². The van der Waals surface area contributed by atoms with Gasteiger partial charge in [-0.2, -0.15) is 8.42 Å². The van der Waals surface area contributed by atoms with E-state index in [4.69, 9.17) is 4.74 Å². The third kappa shape index (κ3) is 3.58. The number of sulfonamides is 1. The first kappa shape index (κ1) is 19.1. The zero-order valence-corrected chi connectivity index (χ0v) is 16.8. The first-order chi connectivity index (χ1) is 13.5. The molecule has 28 heavy (non-hydrogen) atoms. The molecule has 0 saturated carbocycles. The SMILES string of the molecule is CC1=C(c2ccccc2)S(=O)(=O)N=C1N1CCCN(C(=O)C2CCOC2)CC1. The van der Waals surface area contributed by atoms with Crippen LogP contribution >= 0.6 is 0 Å². The highest BCUT2D eigenvalue weighted by Gasteiger charge is 2.35. The van der Waals surface area contributed by atoms with Crippen LogP contribution in [0.1, 0.15) is 25.3 Å². The standard InChI is InChI=1S/C20H25N3O4S/c1-15-18(16-6-3-2-4-7-16)28(25,26)21-19(15)22-9-5-10-23(12-11-22)20(24)17-8-13-27-14-17/h2-4,6-7,17H,5,8-14H2,1H3. The summed E-state index contributed by atoms with van der Waals surface area (Å²) in [6.45, 7) is 5.48. The molecule has 1 aromatic carbocycles. The van der Waals surface area contributed by atoms with E-state index in [2.05, 4.69) is 4.40 Å². The van der Waals surface area contributed by atoms with Crippen LogP contribution in [0.15, 0.2) is 40.3 Å². The number of nitrogens with zero attached hydrogens (tertiary/aromatic N) is 3. The van der Waals surface area contributed by atoms with E-state index in [1.807, 2.05) is 34.9 Å². The molecule has 2 fully saturated rings. The Bertz CT molecular complexity index is 918. The Hall–Kier alpha value is -2.19. The highest BCUT2D eigenvalue weighted by Crippen LogP contribution is 2.33. The van der Waals surface area contributed by atoms with Gasteiger partial charge in [0.05, 0.1) is 12.5 Å². The number of rotatable bonds is 2. The summed E-state index contributed by atoms with van der Waals surface area (Å²) in [6.07, 6.45) is 1.57. The van der Waals surface area contributed by atoms with Crippen molar-refractivity contribution >= 4 is 26.7 Å². The molecule has 1 aromatic rings. The maximum atomic E-state index is 12.7. The molecule has 7 nitrogen and oxygen atoms in total. The number of carbonyl (C=O) groups excluding carboxylic acids is 1. The van der Waals surface area contributed by atoms with Crippen LogP contribution in [0, 0.1) is 5.92 Å². The average molecular weight is 404 g/mol. The van der Waals surface area contributed by atoms with E-state index in [1.54, 1.807) is 12.1 Å². The smallest absolute Gasteiger partial charge is 0.285 e. The van der Waals surface area contributed by atoms with E-state index >= 15 is 0 Å². The fraction of sp³-hybridized carbons (Fsp3) is 0.500. The van der Waals surface area contributed by atoms with Gasteiger partial charge in [-0.05, 0) is 25.3 Å². The first-order valence-corrected chi connectivity index (χ1v) is 11.1. The molecule has 1 amide bonds. The minimum absolute atomic E-state index is 0.0398. The maximum absolute atomic E-state index is 12.7. The van der Waals surface area contributed by atoms with Crippen LogP contribution in [0.3, 0.4) is 0 Å². The van der Waals surface area contributed by atoms with E-state index < -0.39 is 10.0 Å². The molecule has 1 unspecified atom stereocenters. The molecule has 2 saturated heterocycles. The molecule has 3 aliphatic rings. The van der Waals surface area contributed by atoms with Crippen LogP contribution in [0.2, 0.25) is 0 Å². The van der Waals surface area contributed by atoms with Crippen LogP contribution in [0.4, 0.5) is 0 Å². The zero-order chi connectivity index (χ0) is 19.7. The lowest BCUT2D eigenvalue weighted by Crippen LogP contribution is -2.40. The molecular formula is C20H25N3O4S. The molecule has 0 N–H and O–H groups in total. The van der Waals surface area contributed by atoms with E-state index in [0.717, 1.165) is 12.8 Å². The largest absolute Gasteiger partial charge is 0.381 e. The Morgan fingerprint density at radius 1 is 1.14 bits per heavy atom. The van der Waals surface area contributed by atoms with Crippen molar-refractivity contribution in [1.82, 2.24) is 9.80 Å². The lowest BCUT2D eigenvalue weighted by Gasteiger charge is -2.25. The molecule has 0 aromatic heterocycles. The Kier molecular flexibility index (Phi) is 5.25. The summed E-state index contributed by atoms with van der Waals surface area (Å²) < 4.78 is 34.8. The monoisotopic (exact) mass is 403 g/mol. The number of amidine groups is 1. The van der Waals surface area contributed by atoms with Crippen LogP contribution in [-0.2, 0) is 19.6 Å². The van der Waals surface area contributed by atoms with Gasteiger partial charge in [0.15, 0.2) is 0 Å². The quantitative estimate of drug-likeness (QED) is 0.751. The summed E-state index contributed by atoms with van der Waals surface area (Å²) in [7, 11) is -3.71. The second kappa shape index (κ2) is 7.67. The van der Waals surface area contributed by atoms with Gasteiger partial charge in [-0.25, -0.2) is 0 Å². The zero-order valence-electron chi connectivity index (χ0n) is 16.0. The van der Waals surface area contributed by atoms with Crippen molar-refractivity contribution in [1.29, 1.82) is 0 Å². The van der Waals surface area contributed by atoms with Crippen molar-refractivity contribution in [2.24, 2.45) is 10.3 Å². The third-order valence-corrected chi connectivity index (χ3v) is 7.03. The highest BCUT2D eigenvalue weighted by atomic mass is 32.2. The summed E-state index contributed by atoms with van der Waals surface area (Å²) in [4.78, 5) is 16.8. The molecule has 0 spiro atoms. The maximum Gasteiger partial charge on any atom is 0.285 e. The van der Waals surface area contributed by atoms with Crippen molar-refractivity contribution < 1.29 is 17.9 Å². The Balaban J connectivity index is 1.53. The summed E-state index contributed by atoms with van der Waals surface area (Å²) in [6, 6.07) is 9.10. The predicted molar refractivity (Wildman–Crippen MR) is 107 cm³/mol. The minimum Gasteiger partial charge on any atom is -0.381 e. The van der Waals surface area contributed by atoms with Gasteiger partial charge in [-0.3, -0.25) is 4.79 Å². The molecule has 3 heterocycles. The van der Waals surface area contributed by atoms with Gasteiger partial charge in [0, 0.05) is 38.4 Å². The summed E-state index contributed by atoms with van der Waals surface area (Å²) >= 11 is 0. The van der Waals surface area contributed by atoms with Gasteiger partial charge < -0.3 is 14.5 Å². The number of carbonyl (C=O) groups is 1. The molecule has 8 heteroatoms. The number of benzene rings is 1. The van der Waals surface area contributed by atoms with Crippen molar-refractivity contribution in [3.63, 3.8) is 0 Å². The fourth-order valence-electron chi connectivity index (χ4n) is 4.11. The molecule has 150 valence electrons. The highest BCUT2D eigenvalue weighted by molar-refractivity contribution is 8.00. The number of hydrogen-bond donors (Lipinski definition) is 0. The van der Waals surface area contributed by atoms with Crippen molar-refractivity contribution in [3.8, 4) is 0 Å². The summed E-state index contributed by atoms with van der Waals surface area (Å²) in [5.41, 5.74) is 1.33. The van der Waals surface area contributed by atoms with E-state index in [9.17, 15) is 13.2 Å². The van der Waals surface area contributed by atoms with Crippen LogP contribution < -0.4 is 0 Å². The molecule has 1 atom stereocenters. The van der Waals surface area contributed by atoms with E-state index in [1.165, 1.54) is 0 Å². The van der Waals surface area contributed by atoms with E-state index in [-0.39, 0.29) is 16.7 Å². The van der Waals surface area contributed by atoms with Gasteiger partial charge in [0.2, 0.25) is 5.91 Å². The predicted octanol–water partition coefficient (Wildman–Crippen LogP) is 1.73. The summed E-state index contributed by atoms with van der Waals surface area (Å²) in [5.74, 6) is 0.622. The number of ether oxygens (including phenoxy) is 1.